The second-order valence-electron chi connectivity index (χ2n) is 8.85. The summed E-state index contributed by atoms with van der Waals surface area (Å²) in [6.45, 7) is 3.25. The summed E-state index contributed by atoms with van der Waals surface area (Å²) in [6, 6.07) is 23.6. The number of hydrogen-bond acceptors (Lipinski definition) is 4. The molecule has 3 aromatic rings. The van der Waals surface area contributed by atoms with Gasteiger partial charge in [0.15, 0.2) is 0 Å². The summed E-state index contributed by atoms with van der Waals surface area (Å²) in [5, 5.41) is 0.568. The molecule has 0 aromatic heterocycles. The second-order valence-corrected chi connectivity index (χ2v) is 12.1. The number of nitrogens with zero attached hydrogens (tertiary/aromatic N) is 3. The highest BCUT2D eigenvalue weighted by Gasteiger charge is 2.30. The number of carbonyl (C=O) groups is 1. The molecule has 1 fully saturated rings. The topological polar surface area (TPSA) is 60.9 Å². The highest BCUT2D eigenvalue weighted by molar-refractivity contribution is 9.10. The van der Waals surface area contributed by atoms with Crippen LogP contribution in [0.1, 0.15) is 11.1 Å². The smallest absolute Gasteiger partial charge is 0.243 e. The lowest BCUT2D eigenvalue weighted by Crippen LogP contribution is -2.51. The monoisotopic (exact) mass is 601 g/mol. The van der Waals surface area contributed by atoms with E-state index in [0.29, 0.717) is 18.1 Å². The van der Waals surface area contributed by atoms with Crippen LogP contribution in [-0.4, -0.2) is 67.7 Å². The average Bonchev–Trinajstić information content (AvgIpc) is 2.91. The zero-order chi connectivity index (χ0) is 26.3. The minimum Gasteiger partial charge on any atom is -0.339 e. The first-order chi connectivity index (χ1) is 17.8. The summed E-state index contributed by atoms with van der Waals surface area (Å²) in [7, 11) is -3.90. The van der Waals surface area contributed by atoms with Crippen LogP contribution in [0.4, 0.5) is 0 Å². The molecule has 0 spiro atoms. The number of piperazine rings is 1. The van der Waals surface area contributed by atoms with E-state index in [2.05, 4.69) is 45.1 Å². The van der Waals surface area contributed by atoms with Gasteiger partial charge in [0.1, 0.15) is 0 Å². The maximum absolute atomic E-state index is 13.5. The van der Waals surface area contributed by atoms with Gasteiger partial charge in [0.05, 0.1) is 11.4 Å². The van der Waals surface area contributed by atoms with Gasteiger partial charge in [-0.05, 0) is 47.5 Å². The van der Waals surface area contributed by atoms with Crippen molar-refractivity contribution in [2.75, 3.05) is 39.3 Å². The van der Waals surface area contributed by atoms with Gasteiger partial charge >= 0.3 is 0 Å². The van der Waals surface area contributed by atoms with E-state index in [1.165, 1.54) is 4.31 Å². The van der Waals surface area contributed by atoms with Crippen LogP contribution >= 0.6 is 27.5 Å². The van der Waals surface area contributed by atoms with Crippen LogP contribution < -0.4 is 0 Å². The molecule has 1 saturated heterocycles. The Morgan fingerprint density at radius 1 is 0.919 bits per heavy atom. The Morgan fingerprint density at radius 3 is 2.22 bits per heavy atom. The Morgan fingerprint density at radius 2 is 1.57 bits per heavy atom. The predicted molar refractivity (Wildman–Crippen MR) is 152 cm³/mol. The number of amides is 1. The van der Waals surface area contributed by atoms with E-state index in [0.717, 1.165) is 35.2 Å². The Balaban J connectivity index is 1.40. The van der Waals surface area contributed by atoms with Crippen molar-refractivity contribution in [2.45, 2.75) is 11.4 Å². The minimum atomic E-state index is -3.90. The first-order valence-corrected chi connectivity index (χ1v) is 14.6. The fourth-order valence-corrected chi connectivity index (χ4v) is 5.88. The number of rotatable bonds is 9. The lowest BCUT2D eigenvalue weighted by molar-refractivity contribution is -0.133. The number of hydrogen-bond donors (Lipinski definition) is 0. The van der Waals surface area contributed by atoms with E-state index < -0.39 is 10.0 Å². The normalized spacial score (nSPS) is 14.9. The van der Waals surface area contributed by atoms with E-state index in [9.17, 15) is 13.2 Å². The van der Waals surface area contributed by atoms with E-state index in [4.69, 9.17) is 11.6 Å². The molecule has 3 aromatic carbocycles. The van der Waals surface area contributed by atoms with Gasteiger partial charge in [-0.2, -0.15) is 4.31 Å². The molecule has 4 rings (SSSR count). The summed E-state index contributed by atoms with van der Waals surface area (Å²) in [4.78, 5) is 17.4. The fraction of sp³-hybridized carbons (Fsp3) is 0.250. The largest absolute Gasteiger partial charge is 0.339 e. The molecule has 0 atom stereocenters. The Bertz CT molecular complexity index is 1310. The Kier molecular flexibility index (Phi) is 9.56. The third kappa shape index (κ3) is 7.75. The third-order valence-corrected chi connectivity index (χ3v) is 8.82. The summed E-state index contributed by atoms with van der Waals surface area (Å²) in [5.41, 5.74) is 1.91. The quantitative estimate of drug-likeness (QED) is 0.340. The number of carbonyl (C=O) groups excluding carboxylic acids is 1. The predicted octanol–water partition coefficient (Wildman–Crippen LogP) is 5.15. The number of sulfonamides is 1. The van der Waals surface area contributed by atoms with Gasteiger partial charge in [0, 0.05) is 48.8 Å². The van der Waals surface area contributed by atoms with E-state index in [1.54, 1.807) is 53.4 Å². The van der Waals surface area contributed by atoms with Crippen molar-refractivity contribution in [3.8, 4) is 0 Å². The van der Waals surface area contributed by atoms with Crippen molar-refractivity contribution >= 4 is 49.5 Å². The zero-order valence-electron chi connectivity index (χ0n) is 20.3. The van der Waals surface area contributed by atoms with E-state index >= 15 is 0 Å². The molecule has 37 heavy (non-hydrogen) atoms. The number of halogens is 2. The third-order valence-electron chi connectivity index (χ3n) is 6.23. The molecular formula is C28H29BrClN3O3S. The van der Waals surface area contributed by atoms with Gasteiger partial charge in [-0.25, -0.2) is 8.42 Å². The molecule has 0 N–H and O–H groups in total. The maximum Gasteiger partial charge on any atom is 0.243 e. The van der Waals surface area contributed by atoms with Crippen molar-refractivity contribution in [1.82, 2.24) is 14.1 Å². The van der Waals surface area contributed by atoms with Crippen molar-refractivity contribution in [2.24, 2.45) is 0 Å². The van der Waals surface area contributed by atoms with Gasteiger partial charge in [0.25, 0.3) is 0 Å². The van der Waals surface area contributed by atoms with Crippen LogP contribution in [0, 0.1) is 0 Å². The molecule has 0 radical (unpaired) electrons. The van der Waals surface area contributed by atoms with Gasteiger partial charge in [-0.3, -0.25) is 9.69 Å². The van der Waals surface area contributed by atoms with Gasteiger partial charge in [-0.15, -0.1) is 0 Å². The van der Waals surface area contributed by atoms with Gasteiger partial charge in [0.2, 0.25) is 15.9 Å². The molecule has 0 saturated carbocycles. The zero-order valence-corrected chi connectivity index (χ0v) is 23.5. The molecule has 0 unspecified atom stereocenters. The van der Waals surface area contributed by atoms with Crippen LogP contribution in [0.15, 0.2) is 94.3 Å². The molecule has 6 nitrogen and oxygen atoms in total. The van der Waals surface area contributed by atoms with Crippen LogP contribution in [0.2, 0.25) is 5.02 Å². The molecule has 1 amide bonds. The second kappa shape index (κ2) is 12.8. The summed E-state index contributed by atoms with van der Waals surface area (Å²) < 4.78 is 29.1. The van der Waals surface area contributed by atoms with Crippen LogP contribution in [0.25, 0.3) is 6.08 Å². The van der Waals surface area contributed by atoms with Gasteiger partial charge in [-0.1, -0.05) is 82.1 Å². The Hall–Kier alpha value is -2.49. The minimum absolute atomic E-state index is 0.0750. The molecule has 1 aliphatic heterocycles. The highest BCUT2D eigenvalue weighted by atomic mass is 79.9. The van der Waals surface area contributed by atoms with Crippen LogP contribution in [0.5, 0.6) is 0 Å². The Labute approximate surface area is 232 Å². The van der Waals surface area contributed by atoms with Crippen LogP contribution in [0.3, 0.4) is 0 Å². The molecule has 0 aliphatic carbocycles. The molecule has 1 aliphatic rings. The average molecular weight is 603 g/mol. The lowest BCUT2D eigenvalue weighted by Gasteiger charge is -2.35. The molecule has 1 heterocycles. The van der Waals surface area contributed by atoms with Crippen molar-refractivity contribution in [3.63, 3.8) is 0 Å². The number of benzene rings is 3. The highest BCUT2D eigenvalue weighted by Crippen LogP contribution is 2.22. The van der Waals surface area contributed by atoms with Crippen molar-refractivity contribution < 1.29 is 13.2 Å². The first kappa shape index (κ1) is 27.5. The summed E-state index contributed by atoms with van der Waals surface area (Å²) >= 11 is 9.35. The standard InChI is InChI=1S/C28H29BrClN3O3S/c29-25-10-14-27(15-11-25)37(35,36)33(21-24-8-12-26(30)13-9-24)22-28(34)32-19-17-31(18-20-32)16-4-7-23-5-2-1-3-6-23/h1-15H,16-22H2/b7-4+. The van der Waals surface area contributed by atoms with Crippen molar-refractivity contribution in [3.05, 3.63) is 106 Å². The fourth-order valence-electron chi connectivity index (χ4n) is 4.11. The maximum atomic E-state index is 13.5. The molecule has 0 bridgehead atoms. The first-order valence-electron chi connectivity index (χ1n) is 12.0. The summed E-state index contributed by atoms with van der Waals surface area (Å²) in [6.07, 6.45) is 4.23. The SMILES string of the molecule is O=C(CN(Cc1ccc(Cl)cc1)S(=O)(=O)c1ccc(Br)cc1)N1CCN(C/C=C/c2ccccc2)CC1. The lowest BCUT2D eigenvalue weighted by atomic mass is 10.2. The van der Waals surface area contributed by atoms with Crippen molar-refractivity contribution in [1.29, 1.82) is 0 Å². The van der Waals surface area contributed by atoms with Crippen LogP contribution in [-0.2, 0) is 21.4 Å². The van der Waals surface area contributed by atoms with Gasteiger partial charge < -0.3 is 4.90 Å². The van der Waals surface area contributed by atoms with E-state index in [1.807, 2.05) is 18.2 Å². The van der Waals surface area contributed by atoms with E-state index in [-0.39, 0.29) is 23.9 Å². The molecule has 194 valence electrons. The summed E-state index contributed by atoms with van der Waals surface area (Å²) in [5.74, 6) is -0.200. The molecule has 9 heteroatoms. The molecular weight excluding hydrogens is 574 g/mol.